The molecular formula is C27H27Cl2N3O2. The second-order valence-electron chi connectivity index (χ2n) is 10.7. The minimum absolute atomic E-state index is 0.134. The summed E-state index contributed by atoms with van der Waals surface area (Å²) in [6.45, 7) is 8.99. The van der Waals surface area contributed by atoms with E-state index in [9.17, 15) is 4.79 Å². The Morgan fingerprint density at radius 1 is 1.18 bits per heavy atom. The largest absolute Gasteiger partial charge is 0.452 e. The third-order valence-electron chi connectivity index (χ3n) is 8.47. The summed E-state index contributed by atoms with van der Waals surface area (Å²) in [7, 11) is 0. The van der Waals surface area contributed by atoms with Crippen molar-refractivity contribution in [2.24, 2.45) is 23.2 Å². The monoisotopic (exact) mass is 495 g/mol. The molecule has 2 aromatic carbocycles. The number of nitrogens with zero attached hydrogens (tertiary/aromatic N) is 2. The second-order valence-corrected chi connectivity index (χ2v) is 11.5. The predicted octanol–water partition coefficient (Wildman–Crippen LogP) is 7.19. The number of aryl methyl sites for hydroxylation is 1. The van der Waals surface area contributed by atoms with E-state index in [1.54, 1.807) is 16.8 Å². The molecule has 1 amide bonds. The lowest BCUT2D eigenvalue weighted by molar-refractivity contribution is -0.113. The van der Waals surface area contributed by atoms with E-state index in [2.05, 4.69) is 26.1 Å². The van der Waals surface area contributed by atoms with Gasteiger partial charge in [-0.25, -0.2) is 4.68 Å². The average molecular weight is 496 g/mol. The molecule has 3 aliphatic carbocycles. The van der Waals surface area contributed by atoms with Crippen LogP contribution in [0.5, 0.6) is 0 Å². The summed E-state index contributed by atoms with van der Waals surface area (Å²) in [6, 6.07) is 11.4. The first-order valence-corrected chi connectivity index (χ1v) is 12.6. The zero-order chi connectivity index (χ0) is 23.9. The van der Waals surface area contributed by atoms with Gasteiger partial charge in [0.15, 0.2) is 11.3 Å². The standard InChI is InChI=1S/C27H27Cl2N3O2/c1-13-5-7-17-22(9-13)34-25-23(31-32(24(17)25)21-8-6-16(28)12-19(21)29)26(33)30-20-11-15-10-18(14(20)2)27(15,3)4/h5-9,12,14-15,18,20H,10-11H2,1-4H3,(H,30,33)/t14-,15-,18+,20+/m0/s1. The van der Waals surface area contributed by atoms with E-state index >= 15 is 0 Å². The van der Waals surface area contributed by atoms with E-state index in [1.807, 2.05) is 31.2 Å². The molecule has 0 radical (unpaired) electrons. The molecule has 7 rings (SSSR count). The van der Waals surface area contributed by atoms with Crippen LogP contribution in [0.4, 0.5) is 0 Å². The van der Waals surface area contributed by atoms with Crippen molar-refractivity contribution in [3.8, 4) is 5.69 Å². The minimum atomic E-state index is -0.208. The predicted molar refractivity (Wildman–Crippen MR) is 136 cm³/mol. The van der Waals surface area contributed by atoms with Gasteiger partial charge in [0, 0.05) is 16.5 Å². The van der Waals surface area contributed by atoms with Crippen molar-refractivity contribution < 1.29 is 9.21 Å². The molecule has 2 aromatic heterocycles. The SMILES string of the molecule is Cc1ccc2c(c1)oc1c(C(=O)N[C@@H]3C[C@@H]4C[C@H]([C@@H]3C)C4(C)C)nn(-c3ccc(Cl)cc3Cl)c12. The van der Waals surface area contributed by atoms with Crippen LogP contribution >= 0.6 is 23.2 Å². The highest BCUT2D eigenvalue weighted by Crippen LogP contribution is 2.61. The molecule has 1 N–H and O–H groups in total. The summed E-state index contributed by atoms with van der Waals surface area (Å²) in [5.74, 6) is 1.50. The molecule has 3 saturated carbocycles. The molecule has 5 nitrogen and oxygen atoms in total. The lowest BCUT2D eigenvalue weighted by atomic mass is 9.45. The van der Waals surface area contributed by atoms with Crippen molar-refractivity contribution >= 4 is 51.2 Å². The van der Waals surface area contributed by atoms with Gasteiger partial charge in [-0.1, -0.05) is 50.0 Å². The summed E-state index contributed by atoms with van der Waals surface area (Å²) in [4.78, 5) is 13.6. The number of carbonyl (C=O) groups excluding carboxylic acids is 1. The number of rotatable bonds is 3. The van der Waals surface area contributed by atoms with Crippen molar-refractivity contribution in [3.05, 3.63) is 57.7 Å². The summed E-state index contributed by atoms with van der Waals surface area (Å²) in [6.07, 6.45) is 2.26. The molecule has 0 aliphatic heterocycles. The summed E-state index contributed by atoms with van der Waals surface area (Å²) >= 11 is 12.7. The molecule has 3 aliphatic rings. The van der Waals surface area contributed by atoms with Crippen LogP contribution in [0, 0.1) is 30.1 Å². The van der Waals surface area contributed by atoms with Crippen LogP contribution in [0.2, 0.25) is 10.0 Å². The Morgan fingerprint density at radius 3 is 2.68 bits per heavy atom. The lowest BCUT2D eigenvalue weighted by Gasteiger charge is -2.62. The topological polar surface area (TPSA) is 60.1 Å². The van der Waals surface area contributed by atoms with Crippen molar-refractivity contribution in [1.29, 1.82) is 0 Å². The highest BCUT2D eigenvalue weighted by Gasteiger charge is 2.56. The second kappa shape index (κ2) is 7.50. The lowest BCUT2D eigenvalue weighted by Crippen LogP contribution is -2.60. The molecule has 0 spiro atoms. The average Bonchev–Trinajstić information content (AvgIpc) is 3.31. The molecule has 176 valence electrons. The maximum Gasteiger partial charge on any atom is 0.275 e. The Morgan fingerprint density at radius 2 is 1.97 bits per heavy atom. The van der Waals surface area contributed by atoms with Crippen LogP contribution in [-0.4, -0.2) is 21.7 Å². The quantitative estimate of drug-likeness (QED) is 0.327. The van der Waals surface area contributed by atoms with Crippen molar-refractivity contribution in [3.63, 3.8) is 0 Å². The highest BCUT2D eigenvalue weighted by molar-refractivity contribution is 6.35. The summed E-state index contributed by atoms with van der Waals surface area (Å²) in [5.41, 5.74) is 4.28. The van der Waals surface area contributed by atoms with E-state index in [0.717, 1.165) is 22.9 Å². The van der Waals surface area contributed by atoms with Crippen LogP contribution in [0.3, 0.4) is 0 Å². The molecule has 2 bridgehead atoms. The summed E-state index contributed by atoms with van der Waals surface area (Å²) in [5, 5.41) is 9.88. The molecule has 0 unspecified atom stereocenters. The maximum absolute atomic E-state index is 13.6. The first-order valence-electron chi connectivity index (χ1n) is 11.8. The van der Waals surface area contributed by atoms with Crippen LogP contribution in [0.25, 0.3) is 27.8 Å². The smallest absolute Gasteiger partial charge is 0.275 e. The van der Waals surface area contributed by atoms with Gasteiger partial charge in [0.25, 0.3) is 5.91 Å². The molecule has 2 heterocycles. The number of carbonyl (C=O) groups is 1. The molecule has 0 saturated heterocycles. The van der Waals surface area contributed by atoms with E-state index in [1.165, 1.54) is 6.42 Å². The molecule has 3 fully saturated rings. The van der Waals surface area contributed by atoms with E-state index in [0.29, 0.717) is 50.1 Å². The first-order chi connectivity index (χ1) is 16.1. The number of hydrogen-bond donors (Lipinski definition) is 1. The Hall–Kier alpha value is -2.50. The molecule has 34 heavy (non-hydrogen) atoms. The number of halogens is 2. The fourth-order valence-corrected chi connectivity index (χ4v) is 6.80. The van der Waals surface area contributed by atoms with Gasteiger partial charge in [0.2, 0.25) is 0 Å². The number of aromatic nitrogens is 2. The maximum atomic E-state index is 13.6. The van der Waals surface area contributed by atoms with Gasteiger partial charge in [0.1, 0.15) is 11.1 Å². The number of furan rings is 1. The summed E-state index contributed by atoms with van der Waals surface area (Å²) < 4.78 is 7.92. The number of amides is 1. The Bertz CT molecular complexity index is 1470. The van der Waals surface area contributed by atoms with Crippen LogP contribution in [0.1, 0.15) is 49.7 Å². The van der Waals surface area contributed by atoms with Gasteiger partial charge in [-0.15, -0.1) is 0 Å². The van der Waals surface area contributed by atoms with Crippen LogP contribution in [-0.2, 0) is 0 Å². The van der Waals surface area contributed by atoms with Gasteiger partial charge in [0.05, 0.1) is 10.7 Å². The fraction of sp³-hybridized carbons (Fsp3) is 0.407. The van der Waals surface area contributed by atoms with Gasteiger partial charge >= 0.3 is 0 Å². The number of benzene rings is 2. The van der Waals surface area contributed by atoms with Crippen LogP contribution < -0.4 is 5.32 Å². The first kappa shape index (κ1) is 22.0. The Kier molecular flexibility index (Phi) is 4.85. The van der Waals surface area contributed by atoms with E-state index < -0.39 is 0 Å². The zero-order valence-electron chi connectivity index (χ0n) is 19.7. The third-order valence-corrected chi connectivity index (χ3v) is 9.01. The number of fused-ring (bicyclic) bond motifs is 5. The van der Waals surface area contributed by atoms with Crippen molar-refractivity contribution in [2.75, 3.05) is 0 Å². The fourth-order valence-electron chi connectivity index (χ4n) is 6.31. The molecular weight excluding hydrogens is 469 g/mol. The molecule has 4 aromatic rings. The van der Waals surface area contributed by atoms with Crippen molar-refractivity contribution in [1.82, 2.24) is 15.1 Å². The number of hydrogen-bond acceptors (Lipinski definition) is 3. The van der Waals surface area contributed by atoms with Gasteiger partial charge in [-0.2, -0.15) is 5.10 Å². The molecule has 7 heteroatoms. The zero-order valence-corrected chi connectivity index (χ0v) is 21.2. The van der Waals surface area contributed by atoms with E-state index in [-0.39, 0.29) is 17.6 Å². The number of nitrogens with one attached hydrogen (secondary N) is 1. The van der Waals surface area contributed by atoms with Gasteiger partial charge < -0.3 is 9.73 Å². The van der Waals surface area contributed by atoms with Gasteiger partial charge in [-0.3, -0.25) is 4.79 Å². The van der Waals surface area contributed by atoms with Crippen molar-refractivity contribution in [2.45, 2.75) is 46.6 Å². The van der Waals surface area contributed by atoms with Gasteiger partial charge in [-0.05, 0) is 78.8 Å². The van der Waals surface area contributed by atoms with E-state index in [4.69, 9.17) is 32.7 Å². The third kappa shape index (κ3) is 3.13. The highest BCUT2D eigenvalue weighted by atomic mass is 35.5. The molecule has 4 atom stereocenters. The normalized spacial score (nSPS) is 25.5. The Balaban J connectivity index is 1.45. The van der Waals surface area contributed by atoms with Crippen LogP contribution in [0.15, 0.2) is 40.8 Å². The Labute approximate surface area is 208 Å². The minimum Gasteiger partial charge on any atom is -0.452 e.